The van der Waals surface area contributed by atoms with Crippen LogP contribution in [0.15, 0.2) is 4.99 Å². The number of amidine groups is 1. The predicted octanol–water partition coefficient (Wildman–Crippen LogP) is 0.179. The van der Waals surface area contributed by atoms with Crippen molar-refractivity contribution >= 4 is 16.9 Å². The van der Waals surface area contributed by atoms with E-state index < -0.39 is 5.72 Å². The highest BCUT2D eigenvalue weighted by Gasteiger charge is 2.50. The summed E-state index contributed by atoms with van der Waals surface area (Å²) in [6.07, 6.45) is 0. The van der Waals surface area contributed by atoms with Gasteiger partial charge in [0.05, 0.1) is 18.5 Å². The van der Waals surface area contributed by atoms with Crippen LogP contribution in [-0.4, -0.2) is 36.0 Å². The quantitative estimate of drug-likeness (QED) is 0.671. The molecule has 1 saturated heterocycles. The van der Waals surface area contributed by atoms with Crippen LogP contribution in [0.4, 0.5) is 0 Å². The summed E-state index contributed by atoms with van der Waals surface area (Å²) >= 11 is 1.55. The van der Waals surface area contributed by atoms with Crippen LogP contribution in [0.5, 0.6) is 0 Å². The van der Waals surface area contributed by atoms with Gasteiger partial charge in [0.15, 0.2) is 10.9 Å². The second-order valence-corrected chi connectivity index (χ2v) is 4.07. The minimum atomic E-state index is -0.469. The Labute approximate surface area is 75.5 Å². The van der Waals surface area contributed by atoms with Crippen LogP contribution in [0.3, 0.4) is 0 Å². The Morgan fingerprint density at radius 3 is 3.50 bits per heavy atom. The number of ether oxygens (including phenoxy) is 2. The highest BCUT2D eigenvalue weighted by atomic mass is 32.2. The van der Waals surface area contributed by atoms with Crippen LogP contribution in [0.1, 0.15) is 6.92 Å². The first-order valence-electron chi connectivity index (χ1n) is 4.00. The molecule has 12 heavy (non-hydrogen) atoms. The van der Waals surface area contributed by atoms with Gasteiger partial charge in [0.25, 0.3) is 0 Å². The molecule has 2 N–H and O–H groups in total. The van der Waals surface area contributed by atoms with Gasteiger partial charge in [-0.15, -0.1) is 0 Å². The van der Waals surface area contributed by atoms with Crippen molar-refractivity contribution in [2.45, 2.75) is 17.9 Å². The number of nitrogens with zero attached hydrogens (tertiary/aromatic N) is 1. The number of rotatable bonds is 2. The number of aliphatic imine (C=N–C) groups is 1. The topological polar surface area (TPSA) is 56.8 Å². The molecule has 2 aliphatic rings. The molecule has 2 atom stereocenters. The Morgan fingerprint density at radius 1 is 1.92 bits per heavy atom. The molecular formula is C7H12N2O2S. The van der Waals surface area contributed by atoms with Crippen LogP contribution in [0.25, 0.3) is 0 Å². The lowest BCUT2D eigenvalue weighted by Crippen LogP contribution is -2.37. The molecule has 0 radical (unpaired) electrons. The molecule has 0 bridgehead atoms. The van der Waals surface area contributed by atoms with Crippen LogP contribution >= 0.6 is 11.8 Å². The summed E-state index contributed by atoms with van der Waals surface area (Å²) < 4.78 is 10.9. The minimum Gasteiger partial charge on any atom is -0.378 e. The molecule has 1 fully saturated rings. The second kappa shape index (κ2) is 2.90. The minimum absolute atomic E-state index is 0.262. The Morgan fingerprint density at radius 2 is 2.75 bits per heavy atom. The third-order valence-corrected chi connectivity index (χ3v) is 3.16. The summed E-state index contributed by atoms with van der Waals surface area (Å²) in [7, 11) is 0. The van der Waals surface area contributed by atoms with Gasteiger partial charge in [-0.25, -0.2) is 4.99 Å². The first-order chi connectivity index (χ1) is 5.77. The summed E-state index contributed by atoms with van der Waals surface area (Å²) in [5, 5.41) is 0.884. The maximum atomic E-state index is 5.62. The fourth-order valence-corrected chi connectivity index (χ4v) is 2.58. The van der Waals surface area contributed by atoms with Crippen LogP contribution in [-0.2, 0) is 9.47 Å². The summed E-state index contributed by atoms with van der Waals surface area (Å²) in [6, 6.07) is 0. The molecule has 0 saturated carbocycles. The summed E-state index contributed by atoms with van der Waals surface area (Å²) in [5.41, 5.74) is 5.15. The van der Waals surface area contributed by atoms with Crippen molar-refractivity contribution in [2.24, 2.45) is 10.7 Å². The molecule has 2 unspecified atom stereocenters. The van der Waals surface area contributed by atoms with Crippen molar-refractivity contribution in [1.82, 2.24) is 0 Å². The zero-order chi connectivity index (χ0) is 8.60. The lowest BCUT2D eigenvalue weighted by molar-refractivity contribution is -0.0323. The van der Waals surface area contributed by atoms with Crippen molar-refractivity contribution in [2.75, 3.05) is 19.8 Å². The number of thioether (sulfide) groups is 1. The molecule has 0 spiro atoms. The van der Waals surface area contributed by atoms with Crippen molar-refractivity contribution in [3.8, 4) is 0 Å². The standard InChI is InChI=1S/C7H12N2O2S/c1-2-11-7-4-10-3-5(7)12-6(8)9-7/h5H,2-4H2,1H3,(H2,8,9). The monoisotopic (exact) mass is 188 g/mol. The first-order valence-corrected chi connectivity index (χ1v) is 4.88. The van der Waals surface area contributed by atoms with E-state index in [0.29, 0.717) is 25.0 Å². The number of hydrogen-bond acceptors (Lipinski definition) is 5. The van der Waals surface area contributed by atoms with E-state index in [1.165, 1.54) is 0 Å². The highest BCUT2D eigenvalue weighted by molar-refractivity contribution is 8.14. The van der Waals surface area contributed by atoms with Crippen LogP contribution < -0.4 is 5.73 Å². The van der Waals surface area contributed by atoms with E-state index >= 15 is 0 Å². The predicted molar refractivity (Wildman–Crippen MR) is 48.2 cm³/mol. The van der Waals surface area contributed by atoms with Gasteiger partial charge in [-0.05, 0) is 6.92 Å². The average Bonchev–Trinajstić information content (AvgIpc) is 2.44. The van der Waals surface area contributed by atoms with Crippen LogP contribution in [0, 0.1) is 0 Å². The van der Waals surface area contributed by atoms with Gasteiger partial charge in [0, 0.05) is 6.61 Å². The van der Waals surface area contributed by atoms with E-state index in [0.717, 1.165) is 0 Å². The van der Waals surface area contributed by atoms with Gasteiger partial charge in [-0.3, -0.25) is 0 Å². The number of fused-ring (bicyclic) bond motifs is 1. The maximum Gasteiger partial charge on any atom is 0.199 e. The number of hydrogen-bond donors (Lipinski definition) is 1. The normalized spacial score (nSPS) is 39.8. The molecule has 68 valence electrons. The van der Waals surface area contributed by atoms with Gasteiger partial charge < -0.3 is 15.2 Å². The molecular weight excluding hydrogens is 176 g/mol. The fraction of sp³-hybridized carbons (Fsp3) is 0.857. The van der Waals surface area contributed by atoms with Crippen LogP contribution in [0.2, 0.25) is 0 Å². The average molecular weight is 188 g/mol. The maximum absolute atomic E-state index is 5.62. The smallest absolute Gasteiger partial charge is 0.199 e. The summed E-state index contributed by atoms with van der Waals surface area (Å²) in [5.74, 6) is 0. The van der Waals surface area contributed by atoms with Gasteiger partial charge >= 0.3 is 0 Å². The molecule has 0 aromatic rings. The van der Waals surface area contributed by atoms with E-state index in [9.17, 15) is 0 Å². The number of nitrogens with two attached hydrogens (primary N) is 1. The Bertz CT molecular complexity index is 221. The van der Waals surface area contributed by atoms with E-state index in [1.807, 2.05) is 6.92 Å². The second-order valence-electron chi connectivity index (χ2n) is 2.85. The SMILES string of the molecule is CCOC12COCC1SC(N)=N2. The molecule has 0 amide bonds. The zero-order valence-electron chi connectivity index (χ0n) is 6.95. The first kappa shape index (κ1) is 8.34. The summed E-state index contributed by atoms with van der Waals surface area (Å²) in [6.45, 7) is 3.84. The third-order valence-electron chi connectivity index (χ3n) is 2.04. The molecule has 4 nitrogen and oxygen atoms in total. The Hall–Kier alpha value is -0.260. The molecule has 5 heteroatoms. The van der Waals surface area contributed by atoms with Gasteiger partial charge in [-0.2, -0.15) is 0 Å². The van der Waals surface area contributed by atoms with Crippen molar-refractivity contribution in [3.05, 3.63) is 0 Å². The van der Waals surface area contributed by atoms with E-state index in [4.69, 9.17) is 15.2 Å². The summed E-state index contributed by atoms with van der Waals surface area (Å²) in [4.78, 5) is 4.28. The van der Waals surface area contributed by atoms with E-state index in [-0.39, 0.29) is 5.25 Å². The van der Waals surface area contributed by atoms with Crippen molar-refractivity contribution in [3.63, 3.8) is 0 Å². The molecule has 0 aromatic carbocycles. The van der Waals surface area contributed by atoms with Crippen molar-refractivity contribution < 1.29 is 9.47 Å². The molecule has 0 aliphatic carbocycles. The van der Waals surface area contributed by atoms with E-state index in [1.54, 1.807) is 11.8 Å². The van der Waals surface area contributed by atoms with Gasteiger partial charge in [-0.1, -0.05) is 11.8 Å². The van der Waals surface area contributed by atoms with Gasteiger partial charge in [0.2, 0.25) is 0 Å². The highest BCUT2D eigenvalue weighted by Crippen LogP contribution is 2.39. The van der Waals surface area contributed by atoms with E-state index in [2.05, 4.69) is 4.99 Å². The molecule has 2 rings (SSSR count). The molecule has 2 heterocycles. The third kappa shape index (κ3) is 1.12. The zero-order valence-corrected chi connectivity index (χ0v) is 7.76. The van der Waals surface area contributed by atoms with Crippen molar-refractivity contribution in [1.29, 1.82) is 0 Å². The fourth-order valence-electron chi connectivity index (χ4n) is 1.54. The molecule has 0 aromatic heterocycles. The lowest BCUT2D eigenvalue weighted by Gasteiger charge is -2.22. The van der Waals surface area contributed by atoms with Gasteiger partial charge in [0.1, 0.15) is 0 Å². The Balaban J connectivity index is 2.18. The lowest BCUT2D eigenvalue weighted by atomic mass is 10.2. The molecule has 2 aliphatic heterocycles. The Kier molecular flexibility index (Phi) is 2.02. The largest absolute Gasteiger partial charge is 0.378 e.